The van der Waals surface area contributed by atoms with Crippen molar-refractivity contribution in [3.63, 3.8) is 0 Å². The molecule has 1 aliphatic heterocycles. The van der Waals surface area contributed by atoms with Crippen molar-refractivity contribution in [2.75, 3.05) is 11.4 Å². The van der Waals surface area contributed by atoms with Crippen LogP contribution in [0.2, 0.25) is 0 Å². The van der Waals surface area contributed by atoms with Gasteiger partial charge >= 0.3 is 0 Å². The Morgan fingerprint density at radius 1 is 1.18 bits per heavy atom. The molecule has 1 amide bonds. The molecule has 2 atom stereocenters. The number of carbonyl (C=O) groups excluding carboxylic acids is 1. The Bertz CT molecular complexity index is 1510. The summed E-state index contributed by atoms with van der Waals surface area (Å²) in [6.07, 6.45) is 6.06. The van der Waals surface area contributed by atoms with Crippen LogP contribution < -0.4 is 10.5 Å². The average molecular weight is 508 g/mol. The van der Waals surface area contributed by atoms with Gasteiger partial charge in [-0.05, 0) is 71.4 Å². The summed E-state index contributed by atoms with van der Waals surface area (Å²) < 4.78 is 2.74. The number of hydrogen-bond donors (Lipinski definition) is 2. The Hall–Kier alpha value is -3.04. The number of aromatic amines is 1. The maximum Gasteiger partial charge on any atom is 0.274 e. The SMILES string of the molecule is Cc1cc2c(cc1C(=O)N1CCc3cc(Br)cnc31)[nH]c(=O)c1cnc([C@H]3CCC[C@H]3O)n12. The van der Waals surface area contributed by atoms with Gasteiger partial charge in [-0.3, -0.25) is 18.9 Å². The van der Waals surface area contributed by atoms with Crippen molar-refractivity contribution < 1.29 is 9.90 Å². The highest BCUT2D eigenvalue weighted by Crippen LogP contribution is 2.35. The molecule has 1 fully saturated rings. The summed E-state index contributed by atoms with van der Waals surface area (Å²) in [6.45, 7) is 2.46. The van der Waals surface area contributed by atoms with Crippen molar-refractivity contribution in [3.05, 3.63) is 67.9 Å². The number of anilines is 1. The normalized spacial score (nSPS) is 20.2. The first-order valence-electron chi connectivity index (χ1n) is 11.1. The zero-order valence-corrected chi connectivity index (χ0v) is 19.6. The molecule has 0 bridgehead atoms. The summed E-state index contributed by atoms with van der Waals surface area (Å²) in [4.78, 5) is 39.9. The minimum absolute atomic E-state index is 0.106. The number of nitrogens with zero attached hydrogens (tertiary/aromatic N) is 4. The van der Waals surface area contributed by atoms with E-state index in [0.29, 0.717) is 34.8 Å². The fourth-order valence-electron chi connectivity index (χ4n) is 5.26. The molecule has 168 valence electrons. The van der Waals surface area contributed by atoms with Gasteiger partial charge in [-0.2, -0.15) is 0 Å². The van der Waals surface area contributed by atoms with E-state index in [0.717, 1.165) is 46.8 Å². The largest absolute Gasteiger partial charge is 0.392 e. The molecule has 8 nitrogen and oxygen atoms in total. The average Bonchev–Trinajstić information content (AvgIpc) is 3.51. The molecule has 0 spiro atoms. The van der Waals surface area contributed by atoms with Crippen molar-refractivity contribution in [1.29, 1.82) is 0 Å². The van der Waals surface area contributed by atoms with Gasteiger partial charge in [-0.25, -0.2) is 9.97 Å². The lowest BCUT2D eigenvalue weighted by molar-refractivity contribution is 0.0988. The number of aryl methyl sites for hydroxylation is 1. The van der Waals surface area contributed by atoms with Crippen LogP contribution in [0.1, 0.15) is 52.5 Å². The number of amides is 1. The van der Waals surface area contributed by atoms with E-state index in [1.807, 2.05) is 23.5 Å². The van der Waals surface area contributed by atoms with Gasteiger partial charge in [-0.1, -0.05) is 6.42 Å². The zero-order valence-electron chi connectivity index (χ0n) is 18.0. The number of imidazole rings is 1. The number of aliphatic hydroxyl groups is 1. The topological polar surface area (TPSA) is 104 Å². The molecule has 1 saturated carbocycles. The number of pyridine rings is 1. The van der Waals surface area contributed by atoms with Crippen molar-refractivity contribution >= 4 is 44.2 Å². The van der Waals surface area contributed by atoms with Crippen LogP contribution in [0.4, 0.5) is 5.82 Å². The molecule has 3 aromatic heterocycles. The van der Waals surface area contributed by atoms with E-state index in [9.17, 15) is 14.7 Å². The summed E-state index contributed by atoms with van der Waals surface area (Å²) in [5.41, 5.74) is 3.87. The van der Waals surface area contributed by atoms with Crippen LogP contribution in [-0.2, 0) is 6.42 Å². The molecule has 1 aromatic carbocycles. The molecule has 2 aliphatic rings. The molecular weight excluding hydrogens is 486 g/mol. The smallest absolute Gasteiger partial charge is 0.274 e. The first-order valence-corrected chi connectivity index (χ1v) is 11.9. The minimum Gasteiger partial charge on any atom is -0.392 e. The van der Waals surface area contributed by atoms with Crippen LogP contribution in [0.3, 0.4) is 0 Å². The van der Waals surface area contributed by atoms with Crippen molar-refractivity contribution in [3.8, 4) is 0 Å². The highest BCUT2D eigenvalue weighted by Gasteiger charge is 2.32. The summed E-state index contributed by atoms with van der Waals surface area (Å²) in [6, 6.07) is 5.67. The van der Waals surface area contributed by atoms with Crippen LogP contribution >= 0.6 is 15.9 Å². The van der Waals surface area contributed by atoms with Gasteiger partial charge in [0.1, 0.15) is 17.2 Å². The van der Waals surface area contributed by atoms with Gasteiger partial charge < -0.3 is 10.1 Å². The van der Waals surface area contributed by atoms with Crippen molar-refractivity contribution in [1.82, 2.24) is 19.4 Å². The second-order valence-corrected chi connectivity index (χ2v) is 9.84. The van der Waals surface area contributed by atoms with Crippen molar-refractivity contribution in [2.45, 2.75) is 44.6 Å². The predicted octanol–water partition coefficient (Wildman–Crippen LogP) is 3.47. The van der Waals surface area contributed by atoms with Crippen LogP contribution in [0.15, 0.2) is 39.9 Å². The maximum atomic E-state index is 13.5. The van der Waals surface area contributed by atoms with E-state index in [2.05, 4.69) is 30.9 Å². The summed E-state index contributed by atoms with van der Waals surface area (Å²) in [7, 11) is 0. The molecule has 0 unspecified atom stereocenters. The highest BCUT2D eigenvalue weighted by atomic mass is 79.9. The minimum atomic E-state index is -0.463. The molecule has 2 N–H and O–H groups in total. The number of hydrogen-bond acceptors (Lipinski definition) is 5. The molecule has 0 radical (unpaired) electrons. The molecule has 6 rings (SSSR count). The molecule has 4 heterocycles. The van der Waals surface area contributed by atoms with E-state index in [1.165, 1.54) is 0 Å². The number of aliphatic hydroxyl groups excluding tert-OH is 1. The second kappa shape index (κ2) is 7.50. The summed E-state index contributed by atoms with van der Waals surface area (Å²) >= 11 is 3.44. The van der Waals surface area contributed by atoms with Gasteiger partial charge in [0, 0.05) is 28.7 Å². The number of rotatable bonds is 2. The molecule has 1 aliphatic carbocycles. The Labute approximate surface area is 197 Å². The van der Waals surface area contributed by atoms with E-state index in [4.69, 9.17) is 0 Å². The Morgan fingerprint density at radius 3 is 2.82 bits per heavy atom. The second-order valence-electron chi connectivity index (χ2n) is 8.92. The quantitative estimate of drug-likeness (QED) is 0.432. The third kappa shape index (κ3) is 3.13. The summed E-state index contributed by atoms with van der Waals surface area (Å²) in [5, 5.41) is 10.5. The van der Waals surface area contributed by atoms with Gasteiger partial charge in [-0.15, -0.1) is 0 Å². The Balaban J connectivity index is 1.49. The molecule has 4 aromatic rings. The number of benzene rings is 1. The third-order valence-electron chi connectivity index (χ3n) is 6.91. The number of carbonyl (C=O) groups is 1. The Morgan fingerprint density at radius 2 is 2.03 bits per heavy atom. The first kappa shape index (κ1) is 20.6. The van der Waals surface area contributed by atoms with E-state index in [1.54, 1.807) is 23.4 Å². The molecule has 9 heteroatoms. The Kier molecular flexibility index (Phi) is 4.67. The molecule has 33 heavy (non-hydrogen) atoms. The van der Waals surface area contributed by atoms with Gasteiger partial charge in [0.05, 0.1) is 23.3 Å². The number of aromatic nitrogens is 4. The van der Waals surface area contributed by atoms with Crippen LogP contribution in [0.25, 0.3) is 16.6 Å². The number of H-pyrrole nitrogens is 1. The lowest BCUT2D eigenvalue weighted by Gasteiger charge is -2.19. The predicted molar refractivity (Wildman–Crippen MR) is 128 cm³/mol. The van der Waals surface area contributed by atoms with E-state index in [-0.39, 0.29) is 17.4 Å². The lowest BCUT2D eigenvalue weighted by atomic mass is 10.0. The fourth-order valence-corrected chi connectivity index (χ4v) is 5.64. The lowest BCUT2D eigenvalue weighted by Crippen LogP contribution is -2.30. The van der Waals surface area contributed by atoms with E-state index < -0.39 is 6.10 Å². The zero-order chi connectivity index (χ0) is 22.9. The van der Waals surface area contributed by atoms with Crippen LogP contribution in [-0.4, -0.2) is 43.0 Å². The van der Waals surface area contributed by atoms with Crippen LogP contribution in [0.5, 0.6) is 0 Å². The monoisotopic (exact) mass is 507 g/mol. The number of fused-ring (bicyclic) bond motifs is 4. The molecule has 0 saturated heterocycles. The first-order chi connectivity index (χ1) is 15.9. The van der Waals surface area contributed by atoms with Crippen LogP contribution in [0, 0.1) is 6.92 Å². The van der Waals surface area contributed by atoms with Gasteiger partial charge in [0.2, 0.25) is 0 Å². The standard InChI is InChI=1S/C24H22BrN5O3/c1-12-7-18-17(9-16(12)24(33)29-6-5-13-8-14(25)10-26-21(13)29)28-23(32)19-11-27-22(30(18)19)15-3-2-4-20(15)31/h7-11,15,20,31H,2-6H2,1H3,(H,28,32)/t15-,20+/m0/s1. The van der Waals surface area contributed by atoms with Crippen molar-refractivity contribution in [2.24, 2.45) is 0 Å². The number of halogens is 1. The maximum absolute atomic E-state index is 13.5. The summed E-state index contributed by atoms with van der Waals surface area (Å²) in [5.74, 6) is 1.14. The molecular formula is C24H22BrN5O3. The fraction of sp³-hybridized carbons (Fsp3) is 0.333. The highest BCUT2D eigenvalue weighted by molar-refractivity contribution is 9.10. The third-order valence-corrected chi connectivity index (χ3v) is 7.34. The van der Waals surface area contributed by atoms with Gasteiger partial charge in [0.15, 0.2) is 0 Å². The number of nitrogens with one attached hydrogen (secondary N) is 1. The van der Waals surface area contributed by atoms with E-state index >= 15 is 0 Å². The van der Waals surface area contributed by atoms with Gasteiger partial charge in [0.25, 0.3) is 11.5 Å².